The largest absolute Gasteiger partial charge is 0.508 e. The lowest BCUT2D eigenvalue weighted by Gasteiger charge is -2.24. The smallest absolute Gasteiger partial charge is 0.126 e. The molecule has 0 aromatic heterocycles. The third kappa shape index (κ3) is 10.5. The van der Waals surface area contributed by atoms with E-state index in [-0.39, 0.29) is 0 Å². The van der Waals surface area contributed by atoms with E-state index >= 15 is 0 Å². The zero-order valence-corrected chi connectivity index (χ0v) is 33.6. The fourth-order valence-electron chi connectivity index (χ4n) is 7.79. The molecule has 2 aliphatic heterocycles. The molecule has 0 amide bonds. The van der Waals surface area contributed by atoms with Crippen LogP contribution in [0.25, 0.3) is 0 Å². The second-order valence-corrected chi connectivity index (χ2v) is 14.9. The van der Waals surface area contributed by atoms with Crippen molar-refractivity contribution in [3.8, 4) is 28.7 Å². The Labute approximate surface area is 338 Å². The summed E-state index contributed by atoms with van der Waals surface area (Å²) in [7, 11) is 0. The van der Waals surface area contributed by atoms with Crippen molar-refractivity contribution in [1.29, 1.82) is 0 Å². The van der Waals surface area contributed by atoms with Gasteiger partial charge < -0.3 is 33.5 Å². The molecular weight excluding hydrogens is 715 g/mol. The molecule has 0 unspecified atom stereocenters. The van der Waals surface area contributed by atoms with Crippen LogP contribution in [0.2, 0.25) is 0 Å². The molecule has 2 heterocycles. The Balaban J connectivity index is 1.31. The summed E-state index contributed by atoms with van der Waals surface area (Å²) in [6.07, 6.45) is 4.43. The molecule has 0 saturated heterocycles. The molecule has 57 heavy (non-hydrogen) atoms. The lowest BCUT2D eigenvalue weighted by molar-refractivity contribution is 0.0529. The minimum absolute atomic E-state index is 0.293. The summed E-state index contributed by atoms with van der Waals surface area (Å²) in [6, 6.07) is 33.5. The maximum Gasteiger partial charge on any atom is 0.126 e. The van der Waals surface area contributed by atoms with Gasteiger partial charge in [0.25, 0.3) is 0 Å². The van der Waals surface area contributed by atoms with E-state index in [1.54, 1.807) is 6.07 Å². The Bertz CT molecular complexity index is 1850. The number of hydrogen-bond acceptors (Lipinski definition) is 8. The molecule has 1 N–H and O–H groups in total. The number of nitrogens with zero attached hydrogens (tertiary/aromatic N) is 1. The van der Waals surface area contributed by atoms with Gasteiger partial charge in [0.1, 0.15) is 42.0 Å². The zero-order valence-electron chi connectivity index (χ0n) is 33.6. The molecule has 5 aromatic carbocycles. The lowest BCUT2D eigenvalue weighted by atomic mass is 9.91. The van der Waals surface area contributed by atoms with Gasteiger partial charge >= 0.3 is 0 Å². The van der Waals surface area contributed by atoms with Crippen LogP contribution in [0, 0.1) is 0 Å². The van der Waals surface area contributed by atoms with Gasteiger partial charge in [-0.1, -0.05) is 105 Å². The average Bonchev–Trinajstić information content (AvgIpc) is 3.21. The first-order chi connectivity index (χ1) is 28.1. The Morgan fingerprint density at radius 1 is 0.491 bits per heavy atom. The molecule has 0 radical (unpaired) electrons. The van der Waals surface area contributed by atoms with E-state index < -0.39 is 0 Å². The van der Waals surface area contributed by atoms with Crippen LogP contribution in [0.4, 0.5) is 0 Å². The first-order valence-electron chi connectivity index (χ1n) is 20.7. The summed E-state index contributed by atoms with van der Waals surface area (Å²) in [5, 5.41) is 10.5. The Morgan fingerprint density at radius 2 is 0.895 bits per heavy atom. The summed E-state index contributed by atoms with van der Waals surface area (Å²) in [4.78, 5) is 2.26. The summed E-state index contributed by atoms with van der Waals surface area (Å²) in [6.45, 7) is 10.2. The van der Waals surface area contributed by atoms with Crippen molar-refractivity contribution in [3.05, 3.63) is 147 Å². The van der Waals surface area contributed by atoms with Crippen molar-refractivity contribution in [1.82, 2.24) is 4.90 Å². The lowest BCUT2D eigenvalue weighted by Crippen LogP contribution is -2.31. The minimum Gasteiger partial charge on any atom is -0.508 e. The van der Waals surface area contributed by atoms with Gasteiger partial charge in [-0.15, -0.1) is 0 Å². The van der Waals surface area contributed by atoms with Gasteiger partial charge in [-0.25, -0.2) is 0 Å². The molecule has 8 heteroatoms. The molecular formula is C49H57NO7. The van der Waals surface area contributed by atoms with Crippen LogP contribution in [-0.4, -0.2) is 76.0 Å². The van der Waals surface area contributed by atoms with Crippen molar-refractivity contribution in [3.63, 3.8) is 0 Å². The van der Waals surface area contributed by atoms with E-state index in [9.17, 15) is 5.11 Å². The fraction of sp³-hybridized carbons (Fsp3) is 0.388. The molecule has 10 bridgehead atoms. The topological polar surface area (TPSA) is 78.9 Å². The third-order valence-corrected chi connectivity index (χ3v) is 10.6. The summed E-state index contributed by atoms with van der Waals surface area (Å²) in [5.41, 5.74) is 9.79. The van der Waals surface area contributed by atoms with E-state index in [0.717, 1.165) is 85.9 Å². The molecule has 8 nitrogen and oxygen atoms in total. The highest BCUT2D eigenvalue weighted by molar-refractivity contribution is 5.56. The quantitative estimate of drug-likeness (QED) is 0.154. The van der Waals surface area contributed by atoms with Crippen molar-refractivity contribution in [2.75, 3.05) is 65.9 Å². The second-order valence-electron chi connectivity index (χ2n) is 14.9. The number of fused-ring (bicyclic) bond motifs is 12. The third-order valence-electron chi connectivity index (χ3n) is 10.6. The SMILES string of the molecule is CCCOc1c2cccc1Cc1cccc3c1OCCOCCN(Cc1ccccc1O)CCOCCOc1c(cccc1Cc1cccc(c1OCCC)C3)C2. The Kier molecular flexibility index (Phi) is 14.4. The maximum atomic E-state index is 10.5. The highest BCUT2D eigenvalue weighted by atomic mass is 16.5. The molecule has 1 aliphatic carbocycles. The Hall–Kier alpha value is -5.02. The normalized spacial score (nSPS) is 15.5. The van der Waals surface area contributed by atoms with Crippen LogP contribution in [0.3, 0.4) is 0 Å². The van der Waals surface area contributed by atoms with Gasteiger partial charge in [0.2, 0.25) is 0 Å². The highest BCUT2D eigenvalue weighted by Gasteiger charge is 2.22. The van der Waals surface area contributed by atoms with Crippen molar-refractivity contribution < 1.29 is 33.5 Å². The van der Waals surface area contributed by atoms with Gasteiger partial charge in [-0.05, 0) is 63.4 Å². The first kappa shape index (κ1) is 40.2. The van der Waals surface area contributed by atoms with Gasteiger partial charge in [0.15, 0.2) is 0 Å². The number of phenols is 1. The number of ether oxygens (including phenoxy) is 6. The first-order valence-corrected chi connectivity index (χ1v) is 20.7. The average molecular weight is 772 g/mol. The highest BCUT2D eigenvalue weighted by Crippen LogP contribution is 2.39. The number of phenolic OH excluding ortho intramolecular Hbond substituents is 1. The van der Waals surface area contributed by atoms with Gasteiger partial charge in [-0.2, -0.15) is 0 Å². The van der Waals surface area contributed by atoms with Gasteiger partial charge in [0.05, 0.1) is 39.6 Å². The molecule has 0 saturated carbocycles. The van der Waals surface area contributed by atoms with Gasteiger partial charge in [0, 0.05) is 50.9 Å². The number of aromatic hydroxyl groups is 1. The van der Waals surface area contributed by atoms with Crippen LogP contribution < -0.4 is 18.9 Å². The monoisotopic (exact) mass is 771 g/mol. The number of para-hydroxylation sites is 5. The van der Waals surface area contributed by atoms with Crippen molar-refractivity contribution in [2.24, 2.45) is 0 Å². The number of rotatable bonds is 8. The second kappa shape index (κ2) is 20.4. The van der Waals surface area contributed by atoms with E-state index in [0.29, 0.717) is 104 Å². The predicted octanol–water partition coefficient (Wildman–Crippen LogP) is 8.95. The summed E-state index contributed by atoms with van der Waals surface area (Å²) in [5.74, 6) is 3.92. The van der Waals surface area contributed by atoms with E-state index in [1.807, 2.05) is 18.2 Å². The predicted molar refractivity (Wildman–Crippen MR) is 225 cm³/mol. The molecule has 5 aromatic rings. The van der Waals surface area contributed by atoms with E-state index in [2.05, 4.69) is 91.5 Å². The number of hydrogen-bond donors (Lipinski definition) is 1. The number of benzene rings is 5. The molecule has 3 aliphatic rings. The maximum absolute atomic E-state index is 10.5. The zero-order chi connectivity index (χ0) is 39.2. The summed E-state index contributed by atoms with van der Waals surface area (Å²) < 4.78 is 39.2. The van der Waals surface area contributed by atoms with E-state index in [1.165, 1.54) is 0 Å². The van der Waals surface area contributed by atoms with Gasteiger partial charge in [-0.3, -0.25) is 4.90 Å². The van der Waals surface area contributed by atoms with Crippen molar-refractivity contribution >= 4 is 0 Å². The van der Waals surface area contributed by atoms with Crippen LogP contribution >= 0.6 is 0 Å². The molecule has 300 valence electrons. The van der Waals surface area contributed by atoms with Crippen LogP contribution in [-0.2, 0) is 41.7 Å². The van der Waals surface area contributed by atoms with Crippen LogP contribution in [0.1, 0.15) is 76.8 Å². The Morgan fingerprint density at radius 3 is 1.30 bits per heavy atom. The van der Waals surface area contributed by atoms with Crippen LogP contribution in [0.5, 0.6) is 28.7 Å². The standard InChI is InChI=1S/C49H57NO7/c1-3-23-54-46-36-12-7-13-37(46)32-41-17-10-19-43-34-39-15-8-14-38(47(39)55-24-4-2)33-42-18-9-16-40(31-36)48(42)56-29-27-52-25-21-50(22-26-53-28-30-57-49(41)43)35-44-11-5-6-20-45(44)51/h5-20,51H,3-4,21-35H2,1-2H3. The van der Waals surface area contributed by atoms with Crippen molar-refractivity contribution in [2.45, 2.75) is 58.9 Å². The summed E-state index contributed by atoms with van der Waals surface area (Å²) >= 11 is 0. The fourth-order valence-corrected chi connectivity index (χ4v) is 7.79. The van der Waals surface area contributed by atoms with Crippen LogP contribution in [0.15, 0.2) is 97.1 Å². The molecule has 0 spiro atoms. The molecule has 8 rings (SSSR count). The molecule has 0 fully saturated rings. The minimum atomic E-state index is 0.293. The van der Waals surface area contributed by atoms with E-state index in [4.69, 9.17) is 28.4 Å². The molecule has 0 atom stereocenters.